The Hall–Kier alpha value is -2.19. The van der Waals surface area contributed by atoms with Gasteiger partial charge in [0.05, 0.1) is 4.70 Å². The van der Waals surface area contributed by atoms with E-state index in [0.717, 1.165) is 25.5 Å². The van der Waals surface area contributed by atoms with Crippen LogP contribution >= 0.6 is 11.5 Å². The van der Waals surface area contributed by atoms with Crippen molar-refractivity contribution in [1.82, 2.24) is 19.5 Å². The van der Waals surface area contributed by atoms with Crippen LogP contribution in [0.25, 0.3) is 10.1 Å². The lowest BCUT2D eigenvalue weighted by Gasteiger charge is -2.44. The number of hydrogen-bond donors (Lipinski definition) is 1. The molecule has 2 amide bonds. The quantitative estimate of drug-likeness (QED) is 0.704. The number of nitrogens with one attached hydrogen (secondary N) is 1. The van der Waals surface area contributed by atoms with Gasteiger partial charge in [-0.05, 0) is 68.4 Å². The van der Waals surface area contributed by atoms with Crippen molar-refractivity contribution in [3.05, 3.63) is 24.3 Å². The molecule has 3 fully saturated rings. The second-order valence-corrected chi connectivity index (χ2v) is 10.5. The lowest BCUT2D eigenvalue weighted by atomic mass is 9.83. The Morgan fingerprint density at radius 2 is 1.79 bits per heavy atom. The standard InChI is InChI=1S/C25H35N5O2S/c31-23(26-18-19-6-5-13-28-12-4-3-8-21(19)28)10-11-24(32)29-14-16-30(17-15-29)25-20-7-1-2-9-22(20)33-27-25/h1-2,7,9,19,21H,3-6,8,10-18H2,(H,26,31)/t19-,21+/m1/s1. The molecule has 0 aliphatic carbocycles. The number of carbonyl (C=O) groups excluding carboxylic acids is 2. The van der Waals surface area contributed by atoms with E-state index in [2.05, 4.69) is 31.6 Å². The Balaban J connectivity index is 1.04. The minimum atomic E-state index is 0.0175. The van der Waals surface area contributed by atoms with Crippen LogP contribution in [-0.2, 0) is 9.59 Å². The maximum atomic E-state index is 12.7. The van der Waals surface area contributed by atoms with E-state index in [1.54, 1.807) is 0 Å². The number of anilines is 1. The normalized spacial score (nSPS) is 24.0. The van der Waals surface area contributed by atoms with Gasteiger partial charge in [-0.25, -0.2) is 0 Å². The van der Waals surface area contributed by atoms with Crippen molar-refractivity contribution in [1.29, 1.82) is 0 Å². The fraction of sp³-hybridized carbons (Fsp3) is 0.640. The SMILES string of the molecule is O=C(CCC(=O)N1CCN(c2nsc3ccccc23)CC1)NC[C@H]1CCCN2CCCC[C@@H]12. The molecule has 0 unspecified atom stereocenters. The fourth-order valence-electron chi connectivity index (χ4n) is 5.80. The molecule has 8 heteroatoms. The molecule has 0 bridgehead atoms. The molecule has 1 aromatic heterocycles. The molecular weight excluding hydrogens is 434 g/mol. The largest absolute Gasteiger partial charge is 0.356 e. The number of rotatable bonds is 6. The number of hydrogen-bond acceptors (Lipinski definition) is 6. The van der Waals surface area contributed by atoms with Gasteiger partial charge >= 0.3 is 0 Å². The zero-order valence-corrected chi connectivity index (χ0v) is 20.2. The predicted octanol–water partition coefficient (Wildman–Crippen LogP) is 3.11. The van der Waals surface area contributed by atoms with Crippen LogP contribution in [0.3, 0.4) is 0 Å². The molecule has 178 valence electrons. The van der Waals surface area contributed by atoms with E-state index in [0.29, 0.717) is 31.5 Å². The van der Waals surface area contributed by atoms with E-state index in [1.807, 2.05) is 17.0 Å². The molecular formula is C25H35N5O2S. The number of fused-ring (bicyclic) bond motifs is 2. The first-order valence-corrected chi connectivity index (χ1v) is 13.3. The molecule has 0 saturated carbocycles. The van der Waals surface area contributed by atoms with Crippen LogP contribution in [0.1, 0.15) is 44.9 Å². The first kappa shape index (κ1) is 22.6. The Morgan fingerprint density at radius 3 is 2.67 bits per heavy atom. The Bertz CT molecular complexity index is 969. The smallest absolute Gasteiger partial charge is 0.223 e. The van der Waals surface area contributed by atoms with Gasteiger partial charge in [0.15, 0.2) is 0 Å². The van der Waals surface area contributed by atoms with E-state index >= 15 is 0 Å². The molecule has 3 saturated heterocycles. The molecule has 4 heterocycles. The number of nitrogens with zero attached hydrogens (tertiary/aromatic N) is 4. The third-order valence-corrected chi connectivity index (χ3v) is 8.46. The summed E-state index contributed by atoms with van der Waals surface area (Å²) in [5, 5.41) is 4.32. The van der Waals surface area contributed by atoms with Crippen molar-refractivity contribution in [2.24, 2.45) is 5.92 Å². The van der Waals surface area contributed by atoms with Crippen molar-refractivity contribution in [2.75, 3.05) is 50.7 Å². The van der Waals surface area contributed by atoms with Gasteiger partial charge in [0.2, 0.25) is 11.8 Å². The third-order valence-electron chi connectivity index (χ3n) is 7.65. The minimum absolute atomic E-state index is 0.0175. The van der Waals surface area contributed by atoms with Crippen molar-refractivity contribution in [3.63, 3.8) is 0 Å². The summed E-state index contributed by atoms with van der Waals surface area (Å²) in [4.78, 5) is 32.0. The molecule has 3 aliphatic rings. The van der Waals surface area contributed by atoms with Crippen LogP contribution in [0.15, 0.2) is 24.3 Å². The van der Waals surface area contributed by atoms with Gasteiger partial charge in [-0.3, -0.25) is 9.59 Å². The summed E-state index contributed by atoms with van der Waals surface area (Å²) in [6.45, 7) is 6.13. The molecule has 2 atom stereocenters. The van der Waals surface area contributed by atoms with Gasteiger partial charge in [0.25, 0.3) is 0 Å². The first-order chi connectivity index (χ1) is 16.2. The minimum Gasteiger partial charge on any atom is -0.356 e. The van der Waals surface area contributed by atoms with Crippen LogP contribution in [0.2, 0.25) is 0 Å². The summed E-state index contributed by atoms with van der Waals surface area (Å²) in [5.41, 5.74) is 0. The molecule has 7 nitrogen and oxygen atoms in total. The van der Waals surface area contributed by atoms with Gasteiger partial charge in [-0.15, -0.1) is 0 Å². The predicted molar refractivity (Wildman–Crippen MR) is 133 cm³/mol. The summed E-state index contributed by atoms with van der Waals surface area (Å²) in [7, 11) is 0. The number of carbonyl (C=O) groups is 2. The van der Waals surface area contributed by atoms with E-state index in [-0.39, 0.29) is 18.2 Å². The maximum Gasteiger partial charge on any atom is 0.223 e. The monoisotopic (exact) mass is 469 g/mol. The summed E-state index contributed by atoms with van der Waals surface area (Å²) in [5.74, 6) is 1.70. The molecule has 1 aromatic carbocycles. The molecule has 0 radical (unpaired) electrons. The second-order valence-electron chi connectivity index (χ2n) is 9.68. The number of piperidine rings is 2. The van der Waals surface area contributed by atoms with Crippen molar-refractivity contribution in [2.45, 2.75) is 51.0 Å². The van der Waals surface area contributed by atoms with Gasteiger partial charge < -0.3 is 20.0 Å². The molecule has 5 rings (SSSR count). The van der Waals surface area contributed by atoms with Crippen molar-refractivity contribution >= 4 is 39.3 Å². The van der Waals surface area contributed by atoms with Crippen LogP contribution < -0.4 is 10.2 Å². The van der Waals surface area contributed by atoms with Crippen LogP contribution in [0.4, 0.5) is 5.82 Å². The molecule has 0 spiro atoms. The van der Waals surface area contributed by atoms with Gasteiger partial charge in [0.1, 0.15) is 5.82 Å². The van der Waals surface area contributed by atoms with Crippen molar-refractivity contribution in [3.8, 4) is 0 Å². The summed E-state index contributed by atoms with van der Waals surface area (Å²) in [6, 6.07) is 8.94. The van der Waals surface area contributed by atoms with Crippen LogP contribution in [0.5, 0.6) is 0 Å². The fourth-order valence-corrected chi connectivity index (χ4v) is 6.59. The highest BCUT2D eigenvalue weighted by molar-refractivity contribution is 7.13. The van der Waals surface area contributed by atoms with Gasteiger partial charge in [-0.2, -0.15) is 4.37 Å². The van der Waals surface area contributed by atoms with E-state index in [1.165, 1.54) is 66.8 Å². The molecule has 1 N–H and O–H groups in total. The highest BCUT2D eigenvalue weighted by Gasteiger charge is 2.33. The average Bonchev–Trinajstić information content (AvgIpc) is 3.30. The Labute approximate surface area is 200 Å². The van der Waals surface area contributed by atoms with Gasteiger partial charge in [-0.1, -0.05) is 18.6 Å². The average molecular weight is 470 g/mol. The zero-order chi connectivity index (χ0) is 22.6. The summed E-state index contributed by atoms with van der Waals surface area (Å²) >= 11 is 1.53. The molecule has 3 aliphatic heterocycles. The number of benzene rings is 1. The Morgan fingerprint density at radius 1 is 0.970 bits per heavy atom. The summed E-state index contributed by atoms with van der Waals surface area (Å²) < 4.78 is 5.84. The number of aromatic nitrogens is 1. The van der Waals surface area contributed by atoms with Gasteiger partial charge in [0, 0.05) is 57.0 Å². The second kappa shape index (κ2) is 10.4. The first-order valence-electron chi connectivity index (χ1n) is 12.6. The van der Waals surface area contributed by atoms with Crippen LogP contribution in [0, 0.1) is 5.92 Å². The zero-order valence-electron chi connectivity index (χ0n) is 19.4. The van der Waals surface area contributed by atoms with E-state index in [9.17, 15) is 9.59 Å². The highest BCUT2D eigenvalue weighted by atomic mass is 32.1. The Kier molecular flexibility index (Phi) is 7.11. The topological polar surface area (TPSA) is 68.8 Å². The number of piperazine rings is 1. The lowest BCUT2D eigenvalue weighted by molar-refractivity contribution is -0.134. The van der Waals surface area contributed by atoms with E-state index in [4.69, 9.17) is 0 Å². The summed E-state index contributed by atoms with van der Waals surface area (Å²) in [6.07, 6.45) is 6.92. The number of amides is 2. The highest BCUT2D eigenvalue weighted by Crippen LogP contribution is 2.31. The van der Waals surface area contributed by atoms with E-state index < -0.39 is 0 Å². The lowest BCUT2D eigenvalue weighted by Crippen LogP contribution is -2.51. The van der Waals surface area contributed by atoms with Crippen LogP contribution in [-0.4, -0.2) is 77.8 Å². The van der Waals surface area contributed by atoms with Crippen molar-refractivity contribution < 1.29 is 9.59 Å². The molecule has 2 aromatic rings. The third kappa shape index (κ3) is 5.17. The maximum absolute atomic E-state index is 12.7. The molecule has 33 heavy (non-hydrogen) atoms.